The fourth-order valence-corrected chi connectivity index (χ4v) is 1.61. The van der Waals surface area contributed by atoms with E-state index in [1.165, 1.54) is 12.1 Å². The Labute approximate surface area is 113 Å². The van der Waals surface area contributed by atoms with Crippen molar-refractivity contribution in [3.63, 3.8) is 0 Å². The van der Waals surface area contributed by atoms with Gasteiger partial charge in [0.25, 0.3) is 0 Å². The van der Waals surface area contributed by atoms with Crippen LogP contribution in [-0.4, -0.2) is 13.2 Å². The summed E-state index contributed by atoms with van der Waals surface area (Å²) in [4.78, 5) is 0. The van der Waals surface area contributed by atoms with Gasteiger partial charge in [0.1, 0.15) is 0 Å². The molecule has 0 bridgehead atoms. The molecule has 0 fully saturated rings. The molecular formula is C15H19F2NO. The third-order valence-corrected chi connectivity index (χ3v) is 2.53. The van der Waals surface area contributed by atoms with Crippen molar-refractivity contribution < 1.29 is 13.5 Å². The second-order valence-corrected chi connectivity index (χ2v) is 4.22. The molecule has 0 spiro atoms. The Hall–Kier alpha value is -1.60. The third kappa shape index (κ3) is 5.27. The Bertz CT molecular complexity index is 417. The monoisotopic (exact) mass is 267 g/mol. The van der Waals surface area contributed by atoms with E-state index in [2.05, 4.69) is 11.2 Å². The Morgan fingerprint density at radius 2 is 2.00 bits per heavy atom. The van der Waals surface area contributed by atoms with Gasteiger partial charge in [0.2, 0.25) is 0 Å². The van der Waals surface area contributed by atoms with Crippen LogP contribution in [0.15, 0.2) is 12.1 Å². The summed E-state index contributed by atoms with van der Waals surface area (Å²) in [5.74, 6) is 0.778. The Kier molecular flexibility index (Phi) is 6.91. The molecule has 0 aromatic heterocycles. The lowest BCUT2D eigenvalue weighted by Crippen LogP contribution is -2.14. The number of terminal acetylenes is 1. The van der Waals surface area contributed by atoms with Crippen molar-refractivity contribution in [2.24, 2.45) is 0 Å². The highest BCUT2D eigenvalue weighted by atomic mass is 19.1. The fraction of sp³-hybridized carbons (Fsp3) is 0.467. The van der Waals surface area contributed by atoms with Gasteiger partial charge in [-0.1, -0.05) is 6.92 Å². The quantitative estimate of drug-likeness (QED) is 0.576. The van der Waals surface area contributed by atoms with Crippen molar-refractivity contribution in [1.29, 1.82) is 0 Å². The van der Waals surface area contributed by atoms with E-state index in [0.29, 0.717) is 24.9 Å². The van der Waals surface area contributed by atoms with Crippen molar-refractivity contribution in [2.45, 2.75) is 32.7 Å². The molecule has 0 aliphatic rings. The maximum Gasteiger partial charge on any atom is 0.190 e. The predicted octanol–water partition coefficient (Wildman–Crippen LogP) is 3.26. The molecule has 1 rings (SSSR count). The summed E-state index contributed by atoms with van der Waals surface area (Å²) in [5, 5.41) is 3.09. The molecule has 0 amide bonds. The molecule has 0 aliphatic heterocycles. The zero-order chi connectivity index (χ0) is 14.1. The highest BCUT2D eigenvalue weighted by molar-refractivity contribution is 5.31. The lowest BCUT2D eigenvalue weighted by atomic mass is 10.2. The molecule has 1 aromatic carbocycles. The number of halogens is 2. The molecule has 0 aliphatic carbocycles. The minimum Gasteiger partial charge on any atom is -0.488 e. The van der Waals surface area contributed by atoms with Gasteiger partial charge in [-0.25, -0.2) is 8.78 Å². The van der Waals surface area contributed by atoms with E-state index in [4.69, 9.17) is 11.2 Å². The largest absolute Gasteiger partial charge is 0.488 e. The van der Waals surface area contributed by atoms with Crippen LogP contribution in [-0.2, 0) is 6.54 Å². The second kappa shape index (κ2) is 8.49. The number of benzene rings is 1. The average Bonchev–Trinajstić information content (AvgIpc) is 2.37. The molecule has 0 heterocycles. The van der Waals surface area contributed by atoms with E-state index in [9.17, 15) is 8.78 Å². The summed E-state index contributed by atoms with van der Waals surface area (Å²) < 4.78 is 32.5. The van der Waals surface area contributed by atoms with Gasteiger partial charge in [0.15, 0.2) is 17.4 Å². The van der Waals surface area contributed by atoms with Crippen LogP contribution in [0.1, 0.15) is 31.7 Å². The van der Waals surface area contributed by atoms with E-state index in [-0.39, 0.29) is 12.4 Å². The first-order chi connectivity index (χ1) is 9.19. The average molecular weight is 267 g/mol. The Balaban J connectivity index is 2.61. The molecule has 1 N–H and O–H groups in total. The molecule has 0 unspecified atom stereocenters. The zero-order valence-corrected chi connectivity index (χ0v) is 11.1. The van der Waals surface area contributed by atoms with Gasteiger partial charge in [-0.15, -0.1) is 12.3 Å². The second-order valence-electron chi connectivity index (χ2n) is 4.22. The van der Waals surface area contributed by atoms with Crippen LogP contribution in [0, 0.1) is 24.0 Å². The first-order valence-electron chi connectivity index (χ1n) is 6.44. The van der Waals surface area contributed by atoms with Gasteiger partial charge in [-0.3, -0.25) is 0 Å². The molecule has 19 heavy (non-hydrogen) atoms. The van der Waals surface area contributed by atoms with Gasteiger partial charge < -0.3 is 10.1 Å². The first-order valence-corrected chi connectivity index (χ1v) is 6.44. The highest BCUT2D eigenvalue weighted by Gasteiger charge is 2.12. The number of ether oxygens (including phenoxy) is 1. The molecule has 104 valence electrons. The Morgan fingerprint density at radius 3 is 2.58 bits per heavy atom. The molecule has 2 nitrogen and oxygen atoms in total. The van der Waals surface area contributed by atoms with E-state index >= 15 is 0 Å². The summed E-state index contributed by atoms with van der Waals surface area (Å²) in [6, 6.07) is 2.59. The van der Waals surface area contributed by atoms with Crippen LogP contribution in [0.2, 0.25) is 0 Å². The number of unbranched alkanes of at least 4 members (excludes halogenated alkanes) is 1. The molecule has 0 radical (unpaired) electrons. The molecule has 0 saturated heterocycles. The molecule has 0 atom stereocenters. The molecular weight excluding hydrogens is 248 g/mol. The lowest BCUT2D eigenvalue weighted by molar-refractivity contribution is 0.281. The Morgan fingerprint density at radius 1 is 1.32 bits per heavy atom. The lowest BCUT2D eigenvalue weighted by Gasteiger charge is -2.10. The fourth-order valence-electron chi connectivity index (χ4n) is 1.61. The minimum absolute atomic E-state index is 0.214. The van der Waals surface area contributed by atoms with Crippen LogP contribution in [0.3, 0.4) is 0 Å². The summed E-state index contributed by atoms with van der Waals surface area (Å²) in [6.07, 6.45) is 7.17. The van der Waals surface area contributed by atoms with Gasteiger partial charge in [0, 0.05) is 13.0 Å². The van der Waals surface area contributed by atoms with E-state index in [0.717, 1.165) is 13.0 Å². The number of hydrogen-bond donors (Lipinski definition) is 1. The van der Waals surface area contributed by atoms with Crippen LogP contribution in [0.25, 0.3) is 0 Å². The van der Waals surface area contributed by atoms with Gasteiger partial charge in [-0.2, -0.15) is 0 Å². The van der Waals surface area contributed by atoms with Gasteiger partial charge in [0.05, 0.1) is 6.61 Å². The zero-order valence-electron chi connectivity index (χ0n) is 11.1. The van der Waals surface area contributed by atoms with E-state index in [1.54, 1.807) is 0 Å². The minimum atomic E-state index is -0.672. The molecule has 0 saturated carbocycles. The SMILES string of the molecule is C#CCCCOc1c(F)cc(CNCCC)cc1F. The van der Waals surface area contributed by atoms with Crippen LogP contribution in [0.5, 0.6) is 5.75 Å². The maximum atomic E-state index is 13.7. The number of rotatable bonds is 8. The van der Waals surface area contributed by atoms with E-state index < -0.39 is 11.6 Å². The number of hydrogen-bond acceptors (Lipinski definition) is 2. The summed E-state index contributed by atoms with van der Waals surface area (Å²) in [6.45, 7) is 3.50. The van der Waals surface area contributed by atoms with Crippen molar-refractivity contribution >= 4 is 0 Å². The maximum absolute atomic E-state index is 13.7. The first kappa shape index (κ1) is 15.5. The standard InChI is InChI=1S/C15H19F2NO/c1-3-5-6-8-19-15-13(16)9-12(10-14(15)17)11-18-7-4-2/h1,9-10,18H,4-8,11H2,2H3. The van der Waals surface area contributed by atoms with Crippen molar-refractivity contribution in [1.82, 2.24) is 5.32 Å². The number of nitrogens with one attached hydrogen (secondary N) is 1. The predicted molar refractivity (Wildman–Crippen MR) is 71.9 cm³/mol. The smallest absolute Gasteiger partial charge is 0.190 e. The van der Waals surface area contributed by atoms with Crippen molar-refractivity contribution in [2.75, 3.05) is 13.2 Å². The molecule has 4 heteroatoms. The molecule has 1 aromatic rings. The van der Waals surface area contributed by atoms with Gasteiger partial charge in [-0.05, 0) is 37.1 Å². The third-order valence-electron chi connectivity index (χ3n) is 2.53. The highest BCUT2D eigenvalue weighted by Crippen LogP contribution is 2.23. The topological polar surface area (TPSA) is 21.3 Å². The van der Waals surface area contributed by atoms with Crippen molar-refractivity contribution in [3.8, 4) is 18.1 Å². The van der Waals surface area contributed by atoms with Gasteiger partial charge >= 0.3 is 0 Å². The van der Waals surface area contributed by atoms with Crippen LogP contribution in [0.4, 0.5) is 8.78 Å². The van der Waals surface area contributed by atoms with Crippen LogP contribution >= 0.6 is 0 Å². The van der Waals surface area contributed by atoms with Crippen LogP contribution < -0.4 is 10.1 Å². The summed E-state index contributed by atoms with van der Waals surface area (Å²) >= 11 is 0. The summed E-state index contributed by atoms with van der Waals surface area (Å²) in [5.41, 5.74) is 0.569. The normalized spacial score (nSPS) is 10.2. The van der Waals surface area contributed by atoms with Crippen molar-refractivity contribution in [3.05, 3.63) is 29.3 Å². The van der Waals surface area contributed by atoms with E-state index in [1.807, 2.05) is 6.92 Å². The summed E-state index contributed by atoms with van der Waals surface area (Å²) in [7, 11) is 0.